The van der Waals surface area contributed by atoms with Gasteiger partial charge in [-0.25, -0.2) is 4.39 Å². The molecule has 2 atom stereocenters. The van der Waals surface area contributed by atoms with Gasteiger partial charge in [-0.1, -0.05) is 12.1 Å². The average molecular weight is 360 g/mol. The molecule has 1 aliphatic rings. The predicted octanol–water partition coefficient (Wildman–Crippen LogP) is 3.41. The van der Waals surface area contributed by atoms with E-state index in [9.17, 15) is 13.7 Å². The molecule has 0 spiro atoms. The number of halogens is 1. The molecule has 0 fully saturated rings. The third kappa shape index (κ3) is 3.10. The van der Waals surface area contributed by atoms with Crippen LogP contribution in [0.2, 0.25) is 0 Å². The Morgan fingerprint density at radius 3 is 2.68 bits per heavy atom. The number of hydrogen-bond donors (Lipinski definition) is 1. The summed E-state index contributed by atoms with van der Waals surface area (Å²) < 4.78 is 29.6. The number of hydrogen-bond acceptors (Lipinski definition) is 4. The molecule has 0 unspecified atom stereocenters. The van der Waals surface area contributed by atoms with Crippen LogP contribution < -0.4 is 4.72 Å². The standard InChI is InChI=1S/C19H21FN2O2S/c1-12-7-8-13(10-15(12)20)19(22-25(24)18(2,3)4)11-16(23)14-6-5-9-21-17(14)19/h5-10,22H,11H2,1-4H3/t19-,25+/m0/s1. The fourth-order valence-corrected chi connectivity index (χ4v) is 3.85. The van der Waals surface area contributed by atoms with Crippen molar-refractivity contribution in [1.29, 1.82) is 0 Å². The number of ketones is 1. The van der Waals surface area contributed by atoms with Crippen molar-refractivity contribution in [3.8, 4) is 0 Å². The molecule has 1 heterocycles. The highest BCUT2D eigenvalue weighted by Crippen LogP contribution is 2.42. The topological polar surface area (TPSA) is 65.0 Å². The number of aromatic nitrogens is 1. The minimum absolute atomic E-state index is 0.0592. The van der Waals surface area contributed by atoms with E-state index in [0.29, 0.717) is 22.4 Å². The average Bonchev–Trinajstić information content (AvgIpc) is 2.83. The van der Waals surface area contributed by atoms with Crippen molar-refractivity contribution in [3.63, 3.8) is 0 Å². The van der Waals surface area contributed by atoms with Gasteiger partial charge in [0, 0.05) is 29.5 Å². The van der Waals surface area contributed by atoms with Crippen molar-refractivity contribution >= 4 is 17.1 Å². The van der Waals surface area contributed by atoms with Gasteiger partial charge in [-0.05, 0) is 57.0 Å². The van der Waals surface area contributed by atoms with Crippen LogP contribution in [0, 0.1) is 12.7 Å². The fraction of sp³-hybridized carbons (Fsp3) is 0.368. The Morgan fingerprint density at radius 1 is 1.32 bits per heavy atom. The molecule has 0 saturated heterocycles. The van der Waals surface area contributed by atoms with Crippen molar-refractivity contribution in [2.45, 2.75) is 44.4 Å². The van der Waals surface area contributed by atoms with Crippen LogP contribution in [0.15, 0.2) is 36.5 Å². The summed E-state index contributed by atoms with van der Waals surface area (Å²) in [5.41, 5.74) is 0.962. The molecular weight excluding hydrogens is 339 g/mol. The van der Waals surface area contributed by atoms with Gasteiger partial charge in [0.15, 0.2) is 5.78 Å². The number of carbonyl (C=O) groups excluding carboxylic acids is 1. The van der Waals surface area contributed by atoms with Crippen LogP contribution in [0.5, 0.6) is 0 Å². The first-order valence-electron chi connectivity index (χ1n) is 8.10. The molecule has 1 N–H and O–H groups in total. The number of nitrogens with one attached hydrogen (secondary N) is 1. The summed E-state index contributed by atoms with van der Waals surface area (Å²) in [7, 11) is 0. The van der Waals surface area contributed by atoms with Gasteiger partial charge in [-0.2, -0.15) is 0 Å². The first-order chi connectivity index (χ1) is 11.6. The van der Waals surface area contributed by atoms with Gasteiger partial charge in [-0.3, -0.25) is 9.78 Å². The molecule has 0 aliphatic heterocycles. The molecule has 0 amide bonds. The molecule has 0 radical (unpaired) electrons. The monoisotopic (exact) mass is 360 g/mol. The first kappa shape index (κ1) is 18.0. The quantitative estimate of drug-likeness (QED) is 0.852. The van der Waals surface area contributed by atoms with Crippen LogP contribution in [-0.2, 0) is 16.9 Å². The number of rotatable bonds is 3. The van der Waals surface area contributed by atoms with Gasteiger partial charge in [-0.15, -0.1) is 4.72 Å². The summed E-state index contributed by atoms with van der Waals surface area (Å²) in [4.78, 5) is 17.0. The first-order valence-corrected chi connectivity index (χ1v) is 9.25. The largest absolute Gasteiger partial charge is 0.598 e. The van der Waals surface area contributed by atoms with Crippen molar-refractivity contribution in [2.24, 2.45) is 0 Å². The molecule has 4 nitrogen and oxygen atoms in total. The second kappa shape index (κ2) is 6.20. The maximum atomic E-state index is 14.2. The minimum atomic E-state index is -1.47. The lowest BCUT2D eigenvalue weighted by molar-refractivity contribution is 0.0977. The molecule has 3 rings (SSSR count). The number of fused-ring (bicyclic) bond motifs is 1. The maximum Gasteiger partial charge on any atom is 0.167 e. The molecule has 6 heteroatoms. The van der Waals surface area contributed by atoms with Crippen molar-refractivity contribution in [1.82, 2.24) is 9.71 Å². The van der Waals surface area contributed by atoms with Gasteiger partial charge >= 0.3 is 0 Å². The van der Waals surface area contributed by atoms with Crippen LogP contribution in [0.1, 0.15) is 54.4 Å². The second-order valence-corrected chi connectivity index (χ2v) is 9.32. The normalized spacial score (nSPS) is 21.3. The smallest absolute Gasteiger partial charge is 0.167 e. The van der Waals surface area contributed by atoms with E-state index in [-0.39, 0.29) is 18.0 Å². The van der Waals surface area contributed by atoms with Crippen molar-refractivity contribution in [3.05, 3.63) is 64.7 Å². The summed E-state index contributed by atoms with van der Waals surface area (Å²) in [6.45, 7) is 7.21. The zero-order chi connectivity index (χ0) is 18.4. The molecule has 132 valence electrons. The van der Waals surface area contributed by atoms with E-state index in [0.717, 1.165) is 0 Å². The minimum Gasteiger partial charge on any atom is -0.598 e. The third-order valence-corrected chi connectivity index (χ3v) is 6.07. The summed E-state index contributed by atoms with van der Waals surface area (Å²) >= 11 is -1.47. The number of nitrogens with zero attached hydrogens (tertiary/aromatic N) is 1. The molecule has 25 heavy (non-hydrogen) atoms. The van der Waals surface area contributed by atoms with Crippen molar-refractivity contribution < 1.29 is 13.7 Å². The highest BCUT2D eigenvalue weighted by atomic mass is 32.2. The second-order valence-electron chi connectivity index (χ2n) is 7.35. The van der Waals surface area contributed by atoms with Gasteiger partial charge in [0.25, 0.3) is 0 Å². The third-order valence-electron chi connectivity index (χ3n) is 4.43. The van der Waals surface area contributed by atoms with E-state index in [1.54, 1.807) is 37.4 Å². The lowest BCUT2D eigenvalue weighted by atomic mass is 9.87. The lowest BCUT2D eigenvalue weighted by Gasteiger charge is -2.34. The summed E-state index contributed by atoms with van der Waals surface area (Å²) in [6.07, 6.45) is 1.65. The SMILES string of the molecule is Cc1ccc([C@@]2(N[S@+]([O-])C(C)(C)C)CC(=O)c3cccnc32)cc1F. The van der Waals surface area contributed by atoms with Crippen molar-refractivity contribution in [2.75, 3.05) is 0 Å². The number of carbonyl (C=O) groups is 1. The zero-order valence-corrected chi connectivity index (χ0v) is 15.5. The van der Waals surface area contributed by atoms with Crippen LogP contribution in [-0.4, -0.2) is 20.1 Å². The van der Waals surface area contributed by atoms with Crippen LogP contribution >= 0.6 is 0 Å². The van der Waals surface area contributed by atoms with Gasteiger partial charge in [0.1, 0.15) is 16.1 Å². The van der Waals surface area contributed by atoms with E-state index < -0.39 is 21.6 Å². The van der Waals surface area contributed by atoms with Crippen LogP contribution in [0.4, 0.5) is 4.39 Å². The van der Waals surface area contributed by atoms with E-state index in [1.807, 2.05) is 20.8 Å². The molecule has 1 aliphatic carbocycles. The molecule has 0 saturated carbocycles. The highest BCUT2D eigenvalue weighted by Gasteiger charge is 2.51. The molecule has 1 aromatic heterocycles. The number of Topliss-reactive ketones (excluding diaryl/α,β-unsaturated/α-hetero) is 1. The Bertz CT molecular complexity index is 834. The molecule has 2 aromatic rings. The number of pyridine rings is 1. The lowest BCUT2D eigenvalue weighted by Crippen LogP contribution is -2.51. The zero-order valence-electron chi connectivity index (χ0n) is 14.7. The Balaban J connectivity index is 2.20. The summed E-state index contributed by atoms with van der Waals surface area (Å²) in [5, 5.41) is 0. The Hall–Kier alpha value is -1.76. The van der Waals surface area contributed by atoms with Gasteiger partial charge in [0.05, 0.1) is 5.69 Å². The highest BCUT2D eigenvalue weighted by molar-refractivity contribution is 7.90. The van der Waals surface area contributed by atoms with E-state index in [2.05, 4.69) is 9.71 Å². The maximum absolute atomic E-state index is 14.2. The Labute approximate surface area is 150 Å². The number of benzene rings is 1. The van der Waals surface area contributed by atoms with E-state index in [4.69, 9.17) is 0 Å². The summed E-state index contributed by atoms with van der Waals surface area (Å²) in [6, 6.07) is 8.24. The molecule has 0 bridgehead atoms. The van der Waals surface area contributed by atoms with Crippen LogP contribution in [0.25, 0.3) is 0 Å². The number of aryl methyl sites for hydroxylation is 1. The fourth-order valence-electron chi connectivity index (χ4n) is 2.94. The summed E-state index contributed by atoms with van der Waals surface area (Å²) in [5.74, 6) is -0.459. The molecular formula is C19H21FN2O2S. The Morgan fingerprint density at radius 2 is 2.04 bits per heavy atom. The Kier molecular flexibility index (Phi) is 4.47. The molecule has 1 aromatic carbocycles. The van der Waals surface area contributed by atoms with Gasteiger partial charge < -0.3 is 4.55 Å². The predicted molar refractivity (Wildman–Crippen MR) is 96.1 cm³/mol. The van der Waals surface area contributed by atoms with Crippen LogP contribution in [0.3, 0.4) is 0 Å². The van der Waals surface area contributed by atoms with Gasteiger partial charge in [0.2, 0.25) is 0 Å². The van der Waals surface area contributed by atoms with E-state index in [1.165, 1.54) is 6.07 Å². The van der Waals surface area contributed by atoms with E-state index >= 15 is 0 Å².